The highest BCUT2D eigenvalue weighted by Gasteiger charge is 2.27. The van der Waals surface area contributed by atoms with Gasteiger partial charge in [-0.15, -0.1) is 23.4 Å². The molecule has 0 bridgehead atoms. The first kappa shape index (κ1) is 18.0. The third-order valence-corrected chi connectivity index (χ3v) is 3.95. The molecule has 0 aliphatic carbocycles. The summed E-state index contributed by atoms with van der Waals surface area (Å²) in [7, 11) is 0. The van der Waals surface area contributed by atoms with E-state index in [1.807, 2.05) is 0 Å². The van der Waals surface area contributed by atoms with Crippen LogP contribution in [0.4, 0.5) is 23.7 Å². The van der Waals surface area contributed by atoms with Gasteiger partial charge >= 0.3 is 12.2 Å². The van der Waals surface area contributed by atoms with Crippen LogP contribution in [0.3, 0.4) is 0 Å². The predicted molar refractivity (Wildman–Crippen MR) is 80.4 cm³/mol. The Morgan fingerprint density at radius 1 is 1.29 bits per heavy atom. The van der Waals surface area contributed by atoms with Gasteiger partial charge in [-0.25, -0.2) is 4.79 Å². The molecule has 1 aromatic rings. The fraction of sp³-hybridized carbons (Fsp3) is 0.462. The van der Waals surface area contributed by atoms with Crippen LogP contribution in [0.2, 0.25) is 0 Å². The van der Waals surface area contributed by atoms with Crippen molar-refractivity contribution >= 4 is 35.1 Å². The van der Waals surface area contributed by atoms with E-state index in [2.05, 4.69) is 10.6 Å². The first-order chi connectivity index (χ1) is 9.73. The molecule has 0 saturated heterocycles. The summed E-state index contributed by atoms with van der Waals surface area (Å²) in [5.41, 5.74) is 2.01. The number of hydrogen-bond acceptors (Lipinski definition) is 2. The van der Waals surface area contributed by atoms with Gasteiger partial charge in [-0.3, -0.25) is 0 Å². The Morgan fingerprint density at radius 2 is 1.95 bits per heavy atom. The number of carbonyl (C=O) groups excluding carboxylic acids is 1. The Morgan fingerprint density at radius 3 is 2.52 bits per heavy atom. The number of urea groups is 1. The van der Waals surface area contributed by atoms with Crippen molar-refractivity contribution in [3.05, 3.63) is 23.3 Å². The molecule has 0 radical (unpaired) electrons. The second kappa shape index (κ2) is 7.79. The molecule has 0 heterocycles. The Balaban J connectivity index is 2.83. The molecule has 2 amide bonds. The highest BCUT2D eigenvalue weighted by atomic mass is 35.5. The summed E-state index contributed by atoms with van der Waals surface area (Å²) in [6, 6.07) is 2.87. The monoisotopic (exact) mass is 340 g/mol. The second-order valence-electron chi connectivity index (χ2n) is 4.41. The topological polar surface area (TPSA) is 41.1 Å². The van der Waals surface area contributed by atoms with Crippen LogP contribution in [0, 0.1) is 13.8 Å². The van der Waals surface area contributed by atoms with E-state index in [-0.39, 0.29) is 5.88 Å². The average Bonchev–Trinajstić information content (AvgIpc) is 2.37. The molecule has 0 aromatic heterocycles. The summed E-state index contributed by atoms with van der Waals surface area (Å²) >= 11 is 6.16. The van der Waals surface area contributed by atoms with Gasteiger partial charge in [0.25, 0.3) is 0 Å². The standard InChI is InChI=1S/C13H16ClF3N2OS/c1-8-5-9(2)11(21-7-13(15,16)17)6-10(8)19-12(20)18-4-3-14/h5-6H,3-4,7H2,1-2H3,(H2,18,19,20). The third kappa shape index (κ3) is 6.48. The van der Waals surface area contributed by atoms with E-state index in [1.165, 1.54) is 0 Å². The van der Waals surface area contributed by atoms with Gasteiger partial charge in [-0.1, -0.05) is 6.07 Å². The molecule has 21 heavy (non-hydrogen) atoms. The van der Waals surface area contributed by atoms with E-state index in [0.717, 1.165) is 11.1 Å². The van der Waals surface area contributed by atoms with Crippen molar-refractivity contribution in [2.45, 2.75) is 24.9 Å². The lowest BCUT2D eigenvalue weighted by Crippen LogP contribution is -2.30. The zero-order valence-electron chi connectivity index (χ0n) is 11.6. The molecule has 0 saturated carbocycles. The first-order valence-electron chi connectivity index (χ1n) is 6.14. The predicted octanol–water partition coefficient (Wildman–Crippen LogP) is 4.32. The lowest BCUT2D eigenvalue weighted by atomic mass is 10.1. The molecule has 1 rings (SSSR count). The molecule has 2 N–H and O–H groups in total. The fourth-order valence-corrected chi connectivity index (χ4v) is 2.51. The van der Waals surface area contributed by atoms with Crippen molar-refractivity contribution < 1.29 is 18.0 Å². The lowest BCUT2D eigenvalue weighted by molar-refractivity contribution is -0.105. The van der Waals surface area contributed by atoms with Crippen LogP contribution in [-0.4, -0.2) is 30.4 Å². The number of benzene rings is 1. The minimum absolute atomic E-state index is 0.285. The van der Waals surface area contributed by atoms with Crippen molar-refractivity contribution in [2.75, 3.05) is 23.5 Å². The number of hydrogen-bond donors (Lipinski definition) is 2. The van der Waals surface area contributed by atoms with Gasteiger partial charge < -0.3 is 10.6 Å². The minimum Gasteiger partial charge on any atom is -0.337 e. The fourth-order valence-electron chi connectivity index (χ4n) is 1.61. The van der Waals surface area contributed by atoms with Crippen molar-refractivity contribution in [2.24, 2.45) is 0 Å². The van der Waals surface area contributed by atoms with Gasteiger partial charge in [-0.05, 0) is 31.0 Å². The Bertz CT molecular complexity index is 509. The molecule has 1 aromatic carbocycles. The average molecular weight is 341 g/mol. The van der Waals surface area contributed by atoms with Crippen LogP contribution >= 0.6 is 23.4 Å². The Hall–Kier alpha value is -1.08. The van der Waals surface area contributed by atoms with Crippen molar-refractivity contribution in [1.82, 2.24) is 5.32 Å². The van der Waals surface area contributed by atoms with Gasteiger partial charge in [0.15, 0.2) is 0 Å². The van der Waals surface area contributed by atoms with E-state index >= 15 is 0 Å². The van der Waals surface area contributed by atoms with E-state index in [9.17, 15) is 18.0 Å². The van der Waals surface area contributed by atoms with Crippen LogP contribution in [0.15, 0.2) is 17.0 Å². The molecule has 0 unspecified atom stereocenters. The number of aryl methyl sites for hydroxylation is 2. The normalized spacial score (nSPS) is 11.3. The summed E-state index contributed by atoms with van der Waals surface area (Å²) in [5.74, 6) is -0.679. The summed E-state index contributed by atoms with van der Waals surface area (Å²) in [5, 5.41) is 5.14. The maximum absolute atomic E-state index is 12.3. The molecule has 0 spiro atoms. The molecule has 3 nitrogen and oxygen atoms in total. The largest absolute Gasteiger partial charge is 0.398 e. The Kier molecular flexibility index (Phi) is 6.67. The maximum atomic E-state index is 12.3. The van der Waals surface area contributed by atoms with Crippen LogP contribution in [-0.2, 0) is 0 Å². The summed E-state index contributed by atoms with van der Waals surface area (Å²) in [6.45, 7) is 3.83. The zero-order chi connectivity index (χ0) is 16.0. The maximum Gasteiger partial charge on any atom is 0.398 e. The van der Waals surface area contributed by atoms with Gasteiger partial charge in [0, 0.05) is 23.0 Å². The number of rotatable bonds is 5. The summed E-state index contributed by atoms with van der Waals surface area (Å²) in [6.07, 6.45) is -4.23. The number of carbonyl (C=O) groups is 1. The molecule has 0 aliphatic heterocycles. The summed E-state index contributed by atoms with van der Waals surface area (Å²) < 4.78 is 36.9. The molecule has 118 valence electrons. The van der Waals surface area contributed by atoms with Crippen LogP contribution in [0.25, 0.3) is 0 Å². The number of anilines is 1. The first-order valence-corrected chi connectivity index (χ1v) is 7.66. The van der Waals surface area contributed by atoms with Crippen LogP contribution in [0.5, 0.6) is 0 Å². The quantitative estimate of drug-likeness (QED) is 0.619. The SMILES string of the molecule is Cc1cc(C)c(SCC(F)(F)F)cc1NC(=O)NCCCl. The molecule has 8 heteroatoms. The molecule has 0 fully saturated rings. The van der Waals surface area contributed by atoms with E-state index in [0.29, 0.717) is 28.9 Å². The molecule has 0 aliphatic rings. The van der Waals surface area contributed by atoms with Crippen molar-refractivity contribution in [3.63, 3.8) is 0 Å². The second-order valence-corrected chi connectivity index (χ2v) is 5.80. The van der Waals surface area contributed by atoms with Gasteiger partial charge in [0.1, 0.15) is 0 Å². The molecule has 0 atom stereocenters. The van der Waals surface area contributed by atoms with E-state index in [1.54, 1.807) is 26.0 Å². The highest BCUT2D eigenvalue weighted by Crippen LogP contribution is 2.32. The number of amides is 2. The van der Waals surface area contributed by atoms with Crippen molar-refractivity contribution in [1.29, 1.82) is 0 Å². The Labute approximate surface area is 130 Å². The lowest BCUT2D eigenvalue weighted by Gasteiger charge is -2.14. The van der Waals surface area contributed by atoms with Crippen LogP contribution < -0.4 is 10.6 Å². The van der Waals surface area contributed by atoms with Crippen LogP contribution in [0.1, 0.15) is 11.1 Å². The number of alkyl halides is 4. The molecular weight excluding hydrogens is 325 g/mol. The highest BCUT2D eigenvalue weighted by molar-refractivity contribution is 7.99. The van der Waals surface area contributed by atoms with Gasteiger partial charge in [0.2, 0.25) is 0 Å². The number of halogens is 4. The van der Waals surface area contributed by atoms with Gasteiger partial charge in [0.05, 0.1) is 5.75 Å². The number of thioether (sulfide) groups is 1. The van der Waals surface area contributed by atoms with Crippen molar-refractivity contribution in [3.8, 4) is 0 Å². The third-order valence-electron chi connectivity index (χ3n) is 2.54. The van der Waals surface area contributed by atoms with Gasteiger partial charge in [-0.2, -0.15) is 13.2 Å². The van der Waals surface area contributed by atoms with E-state index < -0.39 is 18.0 Å². The zero-order valence-corrected chi connectivity index (χ0v) is 13.2. The molecular formula is C13H16ClF3N2OS. The minimum atomic E-state index is -4.23. The van der Waals surface area contributed by atoms with E-state index in [4.69, 9.17) is 11.6 Å². The summed E-state index contributed by atoms with van der Waals surface area (Å²) in [4.78, 5) is 12.1. The smallest absolute Gasteiger partial charge is 0.337 e. The number of nitrogens with one attached hydrogen (secondary N) is 2.